The minimum absolute atomic E-state index is 0.100. The number of hydrogen-bond acceptors (Lipinski definition) is 3. The van der Waals surface area contributed by atoms with Gasteiger partial charge >= 0.3 is 0 Å². The van der Waals surface area contributed by atoms with Gasteiger partial charge in [0.25, 0.3) is 5.91 Å². The van der Waals surface area contributed by atoms with Crippen molar-refractivity contribution in [3.63, 3.8) is 0 Å². The van der Waals surface area contributed by atoms with E-state index >= 15 is 0 Å². The molecule has 0 radical (unpaired) electrons. The predicted molar refractivity (Wildman–Crippen MR) is 103 cm³/mol. The van der Waals surface area contributed by atoms with Gasteiger partial charge in [-0.1, -0.05) is 25.4 Å². The quantitative estimate of drug-likeness (QED) is 0.895. The molecule has 1 aromatic carbocycles. The molecule has 2 saturated heterocycles. The summed E-state index contributed by atoms with van der Waals surface area (Å²) in [5.74, 6) is 0.289. The number of nitrogens with one attached hydrogen (secondary N) is 1. The molecule has 5 nitrogen and oxygen atoms in total. The highest BCUT2D eigenvalue weighted by atomic mass is 35.5. The minimum atomic E-state index is 0.100. The van der Waals surface area contributed by atoms with Crippen LogP contribution in [0.15, 0.2) is 30.5 Å². The van der Waals surface area contributed by atoms with Crippen LogP contribution in [0.4, 0.5) is 0 Å². The number of aromatic nitrogens is 2. The summed E-state index contributed by atoms with van der Waals surface area (Å²) in [6.07, 6.45) is 5.15. The Bertz CT molecular complexity index is 799. The monoisotopic (exact) mass is 372 g/mol. The number of hydrogen-bond donors (Lipinski definition) is 1. The number of carbonyl (C=O) groups excluding carboxylic acids is 1. The molecule has 6 heteroatoms. The van der Waals surface area contributed by atoms with Crippen LogP contribution in [0.1, 0.15) is 55.1 Å². The summed E-state index contributed by atoms with van der Waals surface area (Å²) in [5.41, 5.74) is 2.60. The van der Waals surface area contributed by atoms with Crippen LogP contribution in [0.2, 0.25) is 5.02 Å². The molecule has 0 spiro atoms. The van der Waals surface area contributed by atoms with Gasteiger partial charge in [0.15, 0.2) is 0 Å². The Hall–Kier alpha value is -1.85. The largest absolute Gasteiger partial charge is 0.337 e. The van der Waals surface area contributed by atoms with Crippen LogP contribution in [0, 0.1) is 0 Å². The highest BCUT2D eigenvalue weighted by Gasteiger charge is 2.33. The molecule has 138 valence electrons. The normalized spacial score (nSPS) is 22.7. The van der Waals surface area contributed by atoms with Crippen molar-refractivity contribution < 1.29 is 4.79 Å². The van der Waals surface area contributed by atoms with Gasteiger partial charge < -0.3 is 10.2 Å². The number of rotatable bonds is 3. The van der Waals surface area contributed by atoms with E-state index in [0.717, 1.165) is 37.3 Å². The lowest BCUT2D eigenvalue weighted by Crippen LogP contribution is -2.39. The van der Waals surface area contributed by atoms with Gasteiger partial charge in [-0.15, -0.1) is 0 Å². The Morgan fingerprint density at radius 2 is 1.92 bits per heavy atom. The maximum atomic E-state index is 13.3. The number of nitrogens with zero attached hydrogens (tertiary/aromatic N) is 3. The van der Waals surface area contributed by atoms with Crippen LogP contribution in [-0.2, 0) is 0 Å². The highest BCUT2D eigenvalue weighted by molar-refractivity contribution is 6.30. The van der Waals surface area contributed by atoms with Crippen molar-refractivity contribution in [2.24, 2.45) is 0 Å². The molecule has 1 N–H and O–H groups in total. The molecule has 3 heterocycles. The molecule has 1 aromatic heterocycles. The van der Waals surface area contributed by atoms with E-state index in [1.165, 1.54) is 6.42 Å². The molecule has 2 aromatic rings. The van der Waals surface area contributed by atoms with Gasteiger partial charge in [-0.2, -0.15) is 5.10 Å². The van der Waals surface area contributed by atoms with Gasteiger partial charge in [-0.25, -0.2) is 4.68 Å². The number of halogens is 1. The van der Waals surface area contributed by atoms with Crippen LogP contribution in [-0.4, -0.2) is 45.8 Å². The second-order valence-electron chi connectivity index (χ2n) is 7.66. The van der Waals surface area contributed by atoms with Crippen molar-refractivity contribution in [2.45, 2.75) is 51.1 Å². The lowest BCUT2D eigenvalue weighted by Gasteiger charge is -2.25. The summed E-state index contributed by atoms with van der Waals surface area (Å²) < 4.78 is 1.87. The van der Waals surface area contributed by atoms with Gasteiger partial charge in [-0.3, -0.25) is 4.79 Å². The highest BCUT2D eigenvalue weighted by Crippen LogP contribution is 2.27. The van der Waals surface area contributed by atoms with Crippen molar-refractivity contribution in [3.8, 4) is 5.69 Å². The summed E-state index contributed by atoms with van der Waals surface area (Å²) in [6, 6.07) is 8.57. The zero-order valence-electron chi connectivity index (χ0n) is 15.3. The summed E-state index contributed by atoms with van der Waals surface area (Å²) in [7, 11) is 0. The Morgan fingerprint density at radius 1 is 1.19 bits per heavy atom. The SMILES string of the molecule is CC(C)c1c(C(=O)N2CCC3CCC(C2)N3)cnn1-c1ccc(Cl)cc1. The van der Waals surface area contributed by atoms with Crippen LogP contribution >= 0.6 is 11.6 Å². The van der Waals surface area contributed by atoms with Gasteiger partial charge in [0.05, 0.1) is 23.1 Å². The molecule has 1 amide bonds. The van der Waals surface area contributed by atoms with E-state index in [4.69, 9.17) is 11.6 Å². The number of fused-ring (bicyclic) bond motifs is 2. The summed E-state index contributed by atoms with van der Waals surface area (Å²) >= 11 is 6.01. The van der Waals surface area contributed by atoms with Crippen LogP contribution in [0.25, 0.3) is 5.69 Å². The van der Waals surface area contributed by atoms with E-state index in [9.17, 15) is 4.79 Å². The molecule has 4 rings (SSSR count). The fraction of sp³-hybridized carbons (Fsp3) is 0.500. The number of likely N-dealkylation sites (tertiary alicyclic amines) is 1. The predicted octanol–water partition coefficient (Wildman–Crippen LogP) is 3.62. The zero-order valence-corrected chi connectivity index (χ0v) is 16.0. The van der Waals surface area contributed by atoms with E-state index in [-0.39, 0.29) is 11.8 Å². The second kappa shape index (κ2) is 7.05. The molecule has 26 heavy (non-hydrogen) atoms. The third-order valence-corrected chi connectivity index (χ3v) is 5.72. The molecular weight excluding hydrogens is 348 g/mol. The Kier molecular flexibility index (Phi) is 4.76. The molecule has 2 atom stereocenters. The van der Waals surface area contributed by atoms with Crippen molar-refractivity contribution in [1.82, 2.24) is 20.0 Å². The van der Waals surface area contributed by atoms with Gasteiger partial charge in [0.2, 0.25) is 0 Å². The fourth-order valence-corrected chi connectivity index (χ4v) is 4.29. The van der Waals surface area contributed by atoms with Gasteiger partial charge in [0, 0.05) is 30.2 Å². The molecule has 2 unspecified atom stereocenters. The van der Waals surface area contributed by atoms with E-state index in [1.807, 2.05) is 33.8 Å². The van der Waals surface area contributed by atoms with E-state index in [1.54, 1.807) is 6.20 Å². The van der Waals surface area contributed by atoms with Gasteiger partial charge in [-0.05, 0) is 49.4 Å². The molecule has 2 fully saturated rings. The average molecular weight is 373 g/mol. The summed E-state index contributed by atoms with van der Waals surface area (Å²) in [5, 5.41) is 8.86. The lowest BCUT2D eigenvalue weighted by molar-refractivity contribution is 0.0746. The van der Waals surface area contributed by atoms with Crippen molar-refractivity contribution in [3.05, 3.63) is 46.7 Å². The Labute approximate surface area is 159 Å². The molecule has 0 aliphatic carbocycles. The third-order valence-electron chi connectivity index (χ3n) is 5.47. The second-order valence-corrected chi connectivity index (χ2v) is 8.10. The fourth-order valence-electron chi connectivity index (χ4n) is 4.16. The first-order valence-corrected chi connectivity index (χ1v) is 9.80. The standard InChI is InChI=1S/C20H25ClN4O/c1-13(2)19-18(11-22-25(19)17-7-3-14(21)4-8-17)20(26)24-10-9-15-5-6-16(12-24)23-15/h3-4,7-8,11,13,15-16,23H,5-6,9-10,12H2,1-2H3. The van der Waals surface area contributed by atoms with E-state index in [2.05, 4.69) is 24.3 Å². The maximum Gasteiger partial charge on any atom is 0.257 e. The molecule has 0 saturated carbocycles. The van der Waals surface area contributed by atoms with Crippen molar-refractivity contribution in [2.75, 3.05) is 13.1 Å². The van der Waals surface area contributed by atoms with Crippen LogP contribution in [0.5, 0.6) is 0 Å². The maximum absolute atomic E-state index is 13.3. The first-order chi connectivity index (χ1) is 12.5. The first kappa shape index (κ1) is 17.6. The number of amides is 1. The summed E-state index contributed by atoms with van der Waals surface area (Å²) in [6.45, 7) is 5.81. The van der Waals surface area contributed by atoms with Gasteiger partial charge in [0.1, 0.15) is 0 Å². The molecular formula is C20H25ClN4O. The Balaban J connectivity index is 1.65. The van der Waals surface area contributed by atoms with Crippen molar-refractivity contribution >= 4 is 17.5 Å². The molecule has 2 aliphatic heterocycles. The first-order valence-electron chi connectivity index (χ1n) is 9.42. The Morgan fingerprint density at radius 3 is 2.65 bits per heavy atom. The lowest BCUT2D eigenvalue weighted by atomic mass is 10.0. The van der Waals surface area contributed by atoms with Crippen LogP contribution < -0.4 is 5.32 Å². The van der Waals surface area contributed by atoms with Crippen molar-refractivity contribution in [1.29, 1.82) is 0 Å². The average Bonchev–Trinajstić information content (AvgIpc) is 3.18. The van der Waals surface area contributed by atoms with Crippen LogP contribution in [0.3, 0.4) is 0 Å². The number of carbonyl (C=O) groups is 1. The van der Waals surface area contributed by atoms with E-state index < -0.39 is 0 Å². The third kappa shape index (κ3) is 3.26. The molecule has 2 aliphatic rings. The smallest absolute Gasteiger partial charge is 0.257 e. The van der Waals surface area contributed by atoms with E-state index in [0.29, 0.717) is 22.7 Å². The topological polar surface area (TPSA) is 50.2 Å². The summed E-state index contributed by atoms with van der Waals surface area (Å²) in [4.78, 5) is 15.3. The zero-order chi connectivity index (χ0) is 18.3. The molecule has 2 bridgehead atoms. The number of benzene rings is 1. The minimum Gasteiger partial charge on any atom is -0.337 e.